The average molecular weight is 731 g/mol. The van der Waals surface area contributed by atoms with Crippen LogP contribution >= 0.6 is 0 Å². The second-order valence-electron chi connectivity index (χ2n) is 16.5. The molecule has 0 saturated heterocycles. The smallest absolute Gasteiger partial charge is 1.00 e. The number of aliphatic carboxylic acids is 4. The maximum Gasteiger partial charge on any atom is 2.00 e. The molecule has 0 bridgehead atoms. The van der Waals surface area contributed by atoms with Gasteiger partial charge in [-0.3, -0.25) is 19.2 Å². The molecule has 0 aromatic carbocycles. The monoisotopic (exact) mass is 730 g/mol. The first-order valence-corrected chi connectivity index (χ1v) is 18.3. The molecule has 0 aromatic heterocycles. The van der Waals surface area contributed by atoms with Crippen molar-refractivity contribution in [1.82, 2.24) is 0 Å². The number of carboxylic acids is 4. The molecule has 49 heavy (non-hydrogen) atoms. The number of carboxylic acid groups (broad SMARTS) is 4. The summed E-state index contributed by atoms with van der Waals surface area (Å²) in [5.41, 5.74) is -2.66. The van der Waals surface area contributed by atoms with E-state index in [0.717, 1.165) is 103 Å². The Hall–Kier alpha value is -0.940. The molecule has 0 aliphatic rings. The number of carbonyl (C=O) groups is 4. The largest absolute Gasteiger partial charge is 2.00 e. The van der Waals surface area contributed by atoms with E-state index in [2.05, 4.69) is 0 Å². The summed E-state index contributed by atoms with van der Waals surface area (Å²) < 4.78 is 0. The van der Waals surface area contributed by atoms with Gasteiger partial charge in [-0.1, -0.05) is 77.0 Å². The first-order valence-electron chi connectivity index (χ1n) is 18.3. The Morgan fingerprint density at radius 3 is 0.694 bits per heavy atom. The SMILES string of the molecule is CC(C)(CCCCCC(O)CCCCCC(C)(C)C(=O)O)C(=O)O.CC(C)(CCCCCC(O)CCCCCC(C)(C)C(=O)O)C(=O)O.[Ca+2].[H-].[H-]. The van der Waals surface area contributed by atoms with E-state index < -0.39 is 45.5 Å². The molecule has 0 fully saturated rings. The first-order chi connectivity index (χ1) is 22.0. The Balaban J connectivity index is -0.000000261. The van der Waals surface area contributed by atoms with Crippen molar-refractivity contribution in [3.8, 4) is 0 Å². The molecule has 0 aliphatic heterocycles. The molecule has 0 radical (unpaired) electrons. The van der Waals surface area contributed by atoms with E-state index in [9.17, 15) is 29.4 Å². The van der Waals surface area contributed by atoms with Gasteiger partial charge >= 0.3 is 61.6 Å². The van der Waals surface area contributed by atoms with Crippen LogP contribution < -0.4 is 0 Å². The standard InChI is InChI=1S/2C19H36O5.Ca.2H/c2*1-18(2,16(21)22)13-9-5-7-11-15(20)12-8-6-10-14-19(3,4)17(23)24;;;/h2*15,20H,5-14H2,1-4H3,(H,21,22)(H,23,24);;;/q;;+2;2*-1. The Bertz CT molecular complexity index is 796. The van der Waals surface area contributed by atoms with Gasteiger partial charge in [0.15, 0.2) is 0 Å². The number of hydrogen-bond donors (Lipinski definition) is 6. The molecule has 11 heteroatoms. The minimum atomic E-state index is -0.756. The summed E-state index contributed by atoms with van der Waals surface area (Å²) in [6.45, 7) is 14.0. The fourth-order valence-electron chi connectivity index (χ4n) is 5.21. The van der Waals surface area contributed by atoms with Crippen molar-refractivity contribution in [2.24, 2.45) is 21.7 Å². The molecular weight excluding hydrogens is 656 g/mol. The zero-order chi connectivity index (χ0) is 37.6. The van der Waals surface area contributed by atoms with Gasteiger partial charge in [-0.25, -0.2) is 0 Å². The van der Waals surface area contributed by atoms with Gasteiger partial charge in [0, 0.05) is 0 Å². The molecule has 0 rings (SSSR count). The van der Waals surface area contributed by atoms with E-state index in [1.807, 2.05) is 0 Å². The molecule has 0 aromatic rings. The minimum absolute atomic E-state index is 0. The van der Waals surface area contributed by atoms with E-state index >= 15 is 0 Å². The molecule has 0 unspecified atom stereocenters. The number of aliphatic hydroxyl groups is 2. The number of unbranched alkanes of at least 4 members (excludes halogenated alkanes) is 8. The molecule has 0 amide bonds. The fourth-order valence-corrected chi connectivity index (χ4v) is 5.21. The van der Waals surface area contributed by atoms with Gasteiger partial charge in [0.05, 0.1) is 33.9 Å². The predicted octanol–water partition coefficient (Wildman–Crippen LogP) is 8.78. The number of aliphatic hydroxyl groups excluding tert-OH is 2. The fraction of sp³-hybridized carbons (Fsp3) is 0.895. The normalized spacial score (nSPS) is 12.3. The van der Waals surface area contributed by atoms with Crippen molar-refractivity contribution in [2.45, 2.75) is 196 Å². The average Bonchev–Trinajstić information content (AvgIpc) is 2.96. The van der Waals surface area contributed by atoms with Crippen LogP contribution in [0.25, 0.3) is 0 Å². The second-order valence-corrected chi connectivity index (χ2v) is 16.5. The summed E-state index contributed by atoms with van der Waals surface area (Å²) >= 11 is 0. The second kappa shape index (κ2) is 26.8. The van der Waals surface area contributed by atoms with Gasteiger partial charge in [0.25, 0.3) is 0 Å². The summed E-state index contributed by atoms with van der Waals surface area (Å²) in [6, 6.07) is 0. The van der Waals surface area contributed by atoms with Crippen molar-refractivity contribution >= 4 is 61.6 Å². The Kier molecular flexibility index (Phi) is 28.6. The summed E-state index contributed by atoms with van der Waals surface area (Å²) in [4.78, 5) is 44.0. The van der Waals surface area contributed by atoms with Gasteiger partial charge < -0.3 is 33.5 Å². The predicted molar refractivity (Wildman–Crippen MR) is 198 cm³/mol. The molecule has 0 aliphatic carbocycles. The zero-order valence-corrected chi connectivity index (χ0v) is 34.5. The van der Waals surface area contributed by atoms with E-state index in [-0.39, 0.29) is 52.8 Å². The third kappa shape index (κ3) is 27.4. The summed E-state index contributed by atoms with van der Waals surface area (Å²) in [5, 5.41) is 56.1. The van der Waals surface area contributed by atoms with Crippen LogP contribution in [-0.2, 0) is 19.2 Å². The quantitative estimate of drug-likeness (QED) is 0.0335. The van der Waals surface area contributed by atoms with Crippen molar-refractivity contribution in [3.63, 3.8) is 0 Å². The molecule has 6 N–H and O–H groups in total. The van der Waals surface area contributed by atoms with E-state index in [4.69, 9.17) is 20.4 Å². The third-order valence-electron chi connectivity index (χ3n) is 9.67. The molecule has 0 heterocycles. The molecule has 0 spiro atoms. The first kappa shape index (κ1) is 52.4. The van der Waals surface area contributed by atoms with Crippen LogP contribution in [0.5, 0.6) is 0 Å². The number of rotatable bonds is 28. The van der Waals surface area contributed by atoms with E-state index in [1.165, 1.54) is 0 Å². The topological polar surface area (TPSA) is 190 Å². The maximum atomic E-state index is 11.0. The van der Waals surface area contributed by atoms with Crippen LogP contribution in [0.2, 0.25) is 0 Å². The van der Waals surface area contributed by atoms with Crippen LogP contribution in [-0.4, -0.2) is 104 Å². The van der Waals surface area contributed by atoms with Gasteiger partial charge in [0.1, 0.15) is 0 Å². The van der Waals surface area contributed by atoms with E-state index in [1.54, 1.807) is 55.4 Å². The minimum Gasteiger partial charge on any atom is -1.00 e. The third-order valence-corrected chi connectivity index (χ3v) is 9.67. The van der Waals surface area contributed by atoms with Gasteiger partial charge in [-0.05, 0) is 107 Å². The van der Waals surface area contributed by atoms with Crippen molar-refractivity contribution in [1.29, 1.82) is 0 Å². The maximum absolute atomic E-state index is 11.0. The van der Waals surface area contributed by atoms with Crippen molar-refractivity contribution < 1.29 is 52.7 Å². The van der Waals surface area contributed by atoms with Crippen LogP contribution in [0.1, 0.15) is 187 Å². The van der Waals surface area contributed by atoms with E-state index in [0.29, 0.717) is 25.7 Å². The van der Waals surface area contributed by atoms with Crippen molar-refractivity contribution in [2.75, 3.05) is 0 Å². The van der Waals surface area contributed by atoms with Crippen LogP contribution in [0, 0.1) is 21.7 Å². The van der Waals surface area contributed by atoms with Gasteiger partial charge in [0.2, 0.25) is 0 Å². The zero-order valence-electron chi connectivity index (χ0n) is 34.3. The molecule has 288 valence electrons. The Labute approximate surface area is 330 Å². The van der Waals surface area contributed by atoms with Gasteiger partial charge in [-0.2, -0.15) is 0 Å². The number of hydrogen-bond acceptors (Lipinski definition) is 6. The summed E-state index contributed by atoms with van der Waals surface area (Å²) in [7, 11) is 0. The van der Waals surface area contributed by atoms with Crippen molar-refractivity contribution in [3.05, 3.63) is 0 Å². The summed E-state index contributed by atoms with van der Waals surface area (Å²) in [5.74, 6) is -3.02. The summed E-state index contributed by atoms with van der Waals surface area (Å²) in [6.07, 6.45) is 16.0. The van der Waals surface area contributed by atoms with Crippen LogP contribution in [0.3, 0.4) is 0 Å². The molecular formula is C38H74CaO10. The Morgan fingerprint density at radius 1 is 0.388 bits per heavy atom. The Morgan fingerprint density at radius 2 is 0.551 bits per heavy atom. The molecule has 0 atom stereocenters. The van der Waals surface area contributed by atoms with Crippen LogP contribution in [0.15, 0.2) is 0 Å². The van der Waals surface area contributed by atoms with Crippen LogP contribution in [0.4, 0.5) is 0 Å². The van der Waals surface area contributed by atoms with Gasteiger partial charge in [-0.15, -0.1) is 0 Å². The molecule has 10 nitrogen and oxygen atoms in total. The molecule has 0 saturated carbocycles.